The molecule has 3 aromatic carbocycles. The molecule has 1 aliphatic rings. The third-order valence-corrected chi connectivity index (χ3v) is 6.48. The van der Waals surface area contributed by atoms with Gasteiger partial charge < -0.3 is 29.0 Å². The number of ketones is 1. The van der Waals surface area contributed by atoms with Gasteiger partial charge in [-0.05, 0) is 66.6 Å². The zero-order chi connectivity index (χ0) is 27.4. The van der Waals surface area contributed by atoms with Crippen LogP contribution >= 0.6 is 0 Å². The van der Waals surface area contributed by atoms with Gasteiger partial charge in [0.25, 0.3) is 11.7 Å². The Labute approximate surface area is 219 Å². The highest BCUT2D eigenvalue weighted by molar-refractivity contribution is 6.46. The van der Waals surface area contributed by atoms with E-state index in [-0.39, 0.29) is 17.7 Å². The number of rotatable bonds is 9. The highest BCUT2D eigenvalue weighted by Gasteiger charge is 2.47. The molecule has 1 N–H and O–H groups in total. The number of hydrogen-bond donors (Lipinski definition) is 1. The molecule has 0 aromatic heterocycles. The topological polar surface area (TPSA) is 94.5 Å². The Morgan fingerprint density at radius 1 is 0.842 bits per heavy atom. The minimum atomic E-state index is -0.981. The van der Waals surface area contributed by atoms with E-state index in [0.717, 1.165) is 5.56 Å². The number of ether oxygens (including phenoxy) is 4. The number of likely N-dealkylation sites (tertiary alicyclic amines) is 1. The van der Waals surface area contributed by atoms with Crippen LogP contribution in [0, 0.1) is 5.82 Å². The molecule has 198 valence electrons. The second-order valence-corrected chi connectivity index (χ2v) is 8.55. The number of nitrogens with zero attached hydrogens (tertiary/aromatic N) is 1. The van der Waals surface area contributed by atoms with Gasteiger partial charge in [0.2, 0.25) is 0 Å². The van der Waals surface area contributed by atoms with Crippen molar-refractivity contribution in [2.45, 2.75) is 12.5 Å². The molecule has 3 aromatic rings. The first kappa shape index (κ1) is 26.5. The van der Waals surface area contributed by atoms with Crippen molar-refractivity contribution in [2.75, 3.05) is 35.0 Å². The molecule has 0 bridgehead atoms. The summed E-state index contributed by atoms with van der Waals surface area (Å²) in [4.78, 5) is 28.1. The Balaban J connectivity index is 1.82. The van der Waals surface area contributed by atoms with Crippen molar-refractivity contribution in [2.24, 2.45) is 0 Å². The SMILES string of the molecule is COc1ccc(OC)c([C@@H]2C(=C(O)c3ccc(F)cc3)C(=O)C(=O)N2CCc2ccc(OC)c(OC)c2)c1. The zero-order valence-electron chi connectivity index (χ0n) is 21.5. The highest BCUT2D eigenvalue weighted by atomic mass is 19.1. The highest BCUT2D eigenvalue weighted by Crippen LogP contribution is 2.44. The molecule has 0 spiro atoms. The number of aliphatic hydroxyl groups excluding tert-OH is 1. The molecule has 4 rings (SSSR count). The lowest BCUT2D eigenvalue weighted by molar-refractivity contribution is -0.139. The van der Waals surface area contributed by atoms with Crippen molar-refractivity contribution < 1.29 is 38.0 Å². The first-order chi connectivity index (χ1) is 18.3. The molecule has 1 amide bonds. The average Bonchev–Trinajstić information content (AvgIpc) is 3.20. The fourth-order valence-corrected chi connectivity index (χ4v) is 4.54. The summed E-state index contributed by atoms with van der Waals surface area (Å²) in [5, 5.41) is 11.2. The molecule has 9 heteroatoms. The van der Waals surface area contributed by atoms with E-state index in [0.29, 0.717) is 35.0 Å². The maximum atomic E-state index is 13.5. The summed E-state index contributed by atoms with van der Waals surface area (Å²) in [6, 6.07) is 14.5. The van der Waals surface area contributed by atoms with Gasteiger partial charge in [-0.25, -0.2) is 4.39 Å². The molecule has 1 saturated heterocycles. The number of Topliss-reactive ketones (excluding diaryl/α,β-unsaturated/α-hetero) is 1. The van der Waals surface area contributed by atoms with Crippen LogP contribution in [-0.4, -0.2) is 56.7 Å². The van der Waals surface area contributed by atoms with Gasteiger partial charge in [0, 0.05) is 17.7 Å². The Bertz CT molecular complexity index is 1380. The first-order valence-electron chi connectivity index (χ1n) is 11.8. The van der Waals surface area contributed by atoms with Crippen LogP contribution in [0.5, 0.6) is 23.0 Å². The normalized spacial score (nSPS) is 16.4. The molecule has 1 aliphatic heterocycles. The van der Waals surface area contributed by atoms with Crippen LogP contribution < -0.4 is 18.9 Å². The number of carbonyl (C=O) groups excluding carboxylic acids is 2. The van der Waals surface area contributed by atoms with E-state index in [1.807, 2.05) is 6.07 Å². The number of benzene rings is 3. The van der Waals surface area contributed by atoms with Gasteiger partial charge in [-0.2, -0.15) is 0 Å². The third kappa shape index (κ3) is 5.00. The van der Waals surface area contributed by atoms with Gasteiger partial charge in [-0.15, -0.1) is 0 Å². The van der Waals surface area contributed by atoms with E-state index in [1.165, 1.54) is 50.5 Å². The fourth-order valence-electron chi connectivity index (χ4n) is 4.54. The maximum absolute atomic E-state index is 13.5. The summed E-state index contributed by atoms with van der Waals surface area (Å²) in [6.45, 7) is 0.144. The lowest BCUT2D eigenvalue weighted by Gasteiger charge is -2.27. The van der Waals surface area contributed by atoms with E-state index in [2.05, 4.69) is 0 Å². The minimum Gasteiger partial charge on any atom is -0.507 e. The molecule has 0 saturated carbocycles. The van der Waals surface area contributed by atoms with E-state index < -0.39 is 29.3 Å². The quantitative estimate of drug-likeness (QED) is 0.251. The molecule has 0 unspecified atom stereocenters. The minimum absolute atomic E-state index is 0.125. The van der Waals surface area contributed by atoms with Crippen LogP contribution in [0.4, 0.5) is 4.39 Å². The van der Waals surface area contributed by atoms with E-state index >= 15 is 0 Å². The lowest BCUT2D eigenvalue weighted by atomic mass is 9.94. The average molecular weight is 522 g/mol. The molecule has 1 fully saturated rings. The third-order valence-electron chi connectivity index (χ3n) is 6.48. The van der Waals surface area contributed by atoms with Gasteiger partial charge in [-0.3, -0.25) is 9.59 Å². The van der Waals surface area contributed by atoms with Crippen molar-refractivity contribution in [3.8, 4) is 23.0 Å². The van der Waals surface area contributed by atoms with Crippen LogP contribution in [0.3, 0.4) is 0 Å². The Hall–Kier alpha value is -4.53. The number of carbonyl (C=O) groups is 2. The summed E-state index contributed by atoms with van der Waals surface area (Å²) < 4.78 is 35.2. The lowest BCUT2D eigenvalue weighted by Crippen LogP contribution is -2.32. The second kappa shape index (κ2) is 11.2. The number of hydrogen-bond acceptors (Lipinski definition) is 7. The van der Waals surface area contributed by atoms with Gasteiger partial charge in [0.05, 0.1) is 40.1 Å². The van der Waals surface area contributed by atoms with Crippen molar-refractivity contribution in [3.63, 3.8) is 0 Å². The summed E-state index contributed by atoms with van der Waals surface area (Å²) in [5.41, 5.74) is 1.39. The Kier molecular flexibility index (Phi) is 7.85. The fraction of sp³-hybridized carbons (Fsp3) is 0.241. The molecule has 0 radical (unpaired) electrons. The molecule has 1 heterocycles. The number of aliphatic hydroxyl groups is 1. The van der Waals surface area contributed by atoms with Crippen LogP contribution in [0.15, 0.2) is 66.2 Å². The standard InChI is InChI=1S/C29H28FNO7/c1-35-20-10-12-22(36-2)21(16-20)26-25(27(32)18-6-8-19(30)9-7-18)28(33)29(34)31(26)14-13-17-5-11-23(37-3)24(15-17)38-4/h5-12,15-16,26,32H,13-14H2,1-4H3/t26-/m1/s1. The number of halogens is 1. The summed E-state index contributed by atoms with van der Waals surface area (Å²) in [6.07, 6.45) is 0.382. The zero-order valence-corrected chi connectivity index (χ0v) is 21.5. The molecule has 1 atom stereocenters. The largest absolute Gasteiger partial charge is 0.507 e. The number of methoxy groups -OCH3 is 4. The predicted octanol–water partition coefficient (Wildman–Crippen LogP) is 4.52. The van der Waals surface area contributed by atoms with Crippen LogP contribution in [0.1, 0.15) is 22.7 Å². The molecule has 38 heavy (non-hydrogen) atoms. The van der Waals surface area contributed by atoms with Gasteiger partial charge in [0.15, 0.2) is 11.5 Å². The summed E-state index contributed by atoms with van der Waals surface area (Å²) >= 11 is 0. The first-order valence-corrected chi connectivity index (χ1v) is 11.8. The second-order valence-electron chi connectivity index (χ2n) is 8.55. The van der Waals surface area contributed by atoms with Gasteiger partial charge >= 0.3 is 0 Å². The van der Waals surface area contributed by atoms with Crippen molar-refractivity contribution in [1.29, 1.82) is 0 Å². The van der Waals surface area contributed by atoms with Crippen molar-refractivity contribution in [3.05, 3.63) is 88.7 Å². The van der Waals surface area contributed by atoms with Crippen molar-refractivity contribution >= 4 is 17.4 Å². The van der Waals surface area contributed by atoms with Gasteiger partial charge in [0.1, 0.15) is 23.1 Å². The Morgan fingerprint density at radius 3 is 2.13 bits per heavy atom. The Morgan fingerprint density at radius 2 is 1.50 bits per heavy atom. The smallest absolute Gasteiger partial charge is 0.295 e. The van der Waals surface area contributed by atoms with Crippen LogP contribution in [-0.2, 0) is 16.0 Å². The molecular formula is C29H28FNO7. The summed E-state index contributed by atoms with van der Waals surface area (Å²) in [7, 11) is 6.05. The van der Waals surface area contributed by atoms with E-state index in [9.17, 15) is 19.1 Å². The molecule has 0 aliphatic carbocycles. The predicted molar refractivity (Wildman–Crippen MR) is 138 cm³/mol. The number of amides is 1. The maximum Gasteiger partial charge on any atom is 0.295 e. The molecule has 8 nitrogen and oxygen atoms in total. The van der Waals surface area contributed by atoms with Gasteiger partial charge in [-0.1, -0.05) is 6.07 Å². The van der Waals surface area contributed by atoms with Crippen molar-refractivity contribution in [1.82, 2.24) is 4.90 Å². The monoisotopic (exact) mass is 521 g/mol. The van der Waals surface area contributed by atoms with Crippen LogP contribution in [0.25, 0.3) is 5.76 Å². The van der Waals surface area contributed by atoms with Crippen LogP contribution in [0.2, 0.25) is 0 Å². The summed E-state index contributed by atoms with van der Waals surface area (Å²) in [5.74, 6) is -0.550. The van der Waals surface area contributed by atoms with E-state index in [1.54, 1.807) is 37.4 Å². The van der Waals surface area contributed by atoms with E-state index in [4.69, 9.17) is 18.9 Å². The molecular weight excluding hydrogens is 493 g/mol.